The molecule has 0 saturated carbocycles. The van der Waals surface area contributed by atoms with Crippen LogP contribution in [-0.4, -0.2) is 9.67 Å². The zero-order chi connectivity index (χ0) is 23.3. The van der Waals surface area contributed by atoms with E-state index in [-0.39, 0.29) is 0 Å². The fourth-order valence-corrected chi connectivity index (χ4v) is 5.15. The molecular weight excluding hydrogens is 463 g/mol. The van der Waals surface area contributed by atoms with Gasteiger partial charge in [0.2, 0.25) is 0 Å². The maximum Gasteiger partial charge on any atom is 0.304 e. The van der Waals surface area contributed by atoms with E-state index in [1.54, 1.807) is 0 Å². The number of hydrogen-bond donors (Lipinski definition) is 1. The van der Waals surface area contributed by atoms with E-state index in [4.69, 9.17) is 23.2 Å². The fourth-order valence-electron chi connectivity index (χ4n) is 4.90. The van der Waals surface area contributed by atoms with Crippen molar-refractivity contribution in [2.45, 2.75) is 12.0 Å². The number of aliphatic hydroxyl groups is 1. The molecule has 1 aliphatic rings. The Bertz CT molecular complexity index is 1540. The second-order valence-corrected chi connectivity index (χ2v) is 9.43. The van der Waals surface area contributed by atoms with Gasteiger partial charge in [0.25, 0.3) is 0 Å². The van der Waals surface area contributed by atoms with Gasteiger partial charge in [-0.15, -0.1) is 0 Å². The minimum absolute atomic E-state index is 0.402. The van der Waals surface area contributed by atoms with Crippen LogP contribution in [0, 0.1) is 0 Å². The van der Waals surface area contributed by atoms with Gasteiger partial charge >= 0.3 is 5.82 Å². The van der Waals surface area contributed by atoms with Crippen LogP contribution in [0.2, 0.25) is 10.0 Å². The Hall–Kier alpha value is -3.37. The third kappa shape index (κ3) is 3.36. The summed E-state index contributed by atoms with van der Waals surface area (Å²) < 4.78 is 4.27. The predicted octanol–water partition coefficient (Wildman–Crippen LogP) is 6.86. The molecule has 1 unspecified atom stereocenters. The number of nitrogens with zero attached hydrogens (tertiary/aromatic N) is 2. The van der Waals surface area contributed by atoms with E-state index in [1.807, 2.05) is 78.9 Å². The van der Waals surface area contributed by atoms with E-state index in [9.17, 15) is 5.11 Å². The lowest BCUT2D eigenvalue weighted by atomic mass is 9.82. The maximum absolute atomic E-state index is 12.6. The Labute approximate surface area is 207 Å². The summed E-state index contributed by atoms with van der Waals surface area (Å²) in [5, 5.41) is 13.9. The molecule has 0 amide bonds. The van der Waals surface area contributed by atoms with Crippen LogP contribution in [0.3, 0.4) is 0 Å². The number of hydrogen-bond acceptors (Lipinski definition) is 1. The van der Waals surface area contributed by atoms with Gasteiger partial charge in [-0.25, -0.2) is 0 Å². The highest BCUT2D eigenvalue weighted by Gasteiger charge is 2.48. The Kier molecular flexibility index (Phi) is 5.07. The lowest BCUT2D eigenvalue weighted by Crippen LogP contribution is -2.47. The van der Waals surface area contributed by atoms with Crippen LogP contribution in [0.5, 0.6) is 0 Å². The summed E-state index contributed by atoms with van der Waals surface area (Å²) in [6, 6.07) is 33.6. The first-order valence-corrected chi connectivity index (χ1v) is 11.9. The maximum atomic E-state index is 12.6. The van der Waals surface area contributed by atoms with E-state index in [2.05, 4.69) is 39.6 Å². The second kappa shape index (κ2) is 8.14. The minimum atomic E-state index is -1.30. The molecule has 3 nitrogen and oxygen atoms in total. The molecule has 0 bridgehead atoms. The number of benzene rings is 4. The topological polar surface area (TPSA) is 29.0 Å². The van der Waals surface area contributed by atoms with Crippen LogP contribution in [0.15, 0.2) is 103 Å². The third-order valence-electron chi connectivity index (χ3n) is 6.47. The molecule has 34 heavy (non-hydrogen) atoms. The normalized spacial score (nSPS) is 17.4. The largest absolute Gasteiger partial charge is 0.373 e. The molecule has 1 N–H and O–H groups in total. The van der Waals surface area contributed by atoms with Crippen molar-refractivity contribution in [1.29, 1.82) is 0 Å². The number of fused-ring (bicyclic) bond motifs is 3. The highest BCUT2D eigenvalue weighted by molar-refractivity contribution is 6.30. The van der Waals surface area contributed by atoms with Gasteiger partial charge in [0, 0.05) is 22.0 Å². The summed E-state index contributed by atoms with van der Waals surface area (Å²) in [7, 11) is 0. The minimum Gasteiger partial charge on any atom is -0.373 e. The average molecular weight is 484 g/mol. The van der Waals surface area contributed by atoms with E-state index >= 15 is 0 Å². The van der Waals surface area contributed by atoms with Crippen LogP contribution in [0.4, 0.5) is 0 Å². The summed E-state index contributed by atoms with van der Waals surface area (Å²) in [5.74, 6) is 0.778. The summed E-state index contributed by atoms with van der Waals surface area (Å²) in [6.07, 6.45) is 2.53. The zero-order valence-electron chi connectivity index (χ0n) is 18.2. The molecule has 0 fully saturated rings. The van der Waals surface area contributed by atoms with Crippen molar-refractivity contribution >= 4 is 46.0 Å². The van der Waals surface area contributed by atoms with Crippen molar-refractivity contribution in [3.05, 3.63) is 130 Å². The smallest absolute Gasteiger partial charge is 0.304 e. The predicted molar refractivity (Wildman–Crippen MR) is 138 cm³/mol. The Morgan fingerprint density at radius 1 is 0.735 bits per heavy atom. The first-order chi connectivity index (χ1) is 16.5. The quantitative estimate of drug-likeness (QED) is 0.279. The Morgan fingerprint density at radius 3 is 2.06 bits per heavy atom. The molecular formula is C29H21Cl2N2O+. The second-order valence-electron chi connectivity index (χ2n) is 8.56. The van der Waals surface area contributed by atoms with Crippen molar-refractivity contribution in [2.75, 3.05) is 0 Å². The molecule has 0 spiro atoms. The molecule has 5 heteroatoms. The molecule has 2 heterocycles. The molecule has 5 aromatic rings. The highest BCUT2D eigenvalue weighted by Crippen LogP contribution is 2.43. The van der Waals surface area contributed by atoms with Crippen molar-refractivity contribution in [1.82, 2.24) is 4.57 Å². The van der Waals surface area contributed by atoms with Gasteiger partial charge in [-0.3, -0.25) is 0 Å². The van der Waals surface area contributed by atoms with Crippen LogP contribution in [0.1, 0.15) is 23.4 Å². The van der Waals surface area contributed by atoms with E-state index in [0.717, 1.165) is 39.2 Å². The molecule has 0 saturated heterocycles. The standard InChI is InChI=1S/C29H21Cl2N2O/c30-23-14-10-20(11-15-23)21-18-29(34,22-12-16-24(31)17-13-22)28-32(19-21)26-8-4-5-9-27(26)33(28)25-6-2-1-3-7-25/h1-17,19,34H,18H2/q+1. The van der Waals surface area contributed by atoms with Gasteiger partial charge in [-0.1, -0.05) is 77.8 Å². The van der Waals surface area contributed by atoms with Gasteiger partial charge in [0.1, 0.15) is 11.9 Å². The van der Waals surface area contributed by atoms with Crippen LogP contribution < -0.4 is 4.57 Å². The lowest BCUT2D eigenvalue weighted by Gasteiger charge is -2.30. The Morgan fingerprint density at radius 2 is 1.35 bits per heavy atom. The summed E-state index contributed by atoms with van der Waals surface area (Å²) >= 11 is 12.4. The first-order valence-electron chi connectivity index (χ1n) is 11.1. The average Bonchev–Trinajstić information content (AvgIpc) is 3.21. The van der Waals surface area contributed by atoms with Crippen LogP contribution in [-0.2, 0) is 5.60 Å². The fraction of sp³-hybridized carbons (Fsp3) is 0.0690. The molecule has 166 valence electrons. The monoisotopic (exact) mass is 483 g/mol. The molecule has 0 aliphatic carbocycles. The van der Waals surface area contributed by atoms with Crippen molar-refractivity contribution in [3.8, 4) is 5.69 Å². The van der Waals surface area contributed by atoms with E-state index < -0.39 is 5.60 Å². The van der Waals surface area contributed by atoms with Gasteiger partial charge in [0.05, 0.1) is 0 Å². The zero-order valence-corrected chi connectivity index (χ0v) is 19.7. The number of rotatable bonds is 3. The molecule has 0 radical (unpaired) electrons. The summed E-state index contributed by atoms with van der Waals surface area (Å²) in [6.45, 7) is 0. The van der Waals surface area contributed by atoms with Gasteiger partial charge < -0.3 is 5.11 Å². The van der Waals surface area contributed by atoms with Gasteiger partial charge in [-0.2, -0.15) is 9.13 Å². The molecule has 1 aromatic heterocycles. The Balaban J connectivity index is 1.71. The van der Waals surface area contributed by atoms with Crippen LogP contribution >= 0.6 is 23.2 Å². The number of para-hydroxylation sites is 3. The first kappa shape index (κ1) is 21.2. The van der Waals surface area contributed by atoms with E-state index in [0.29, 0.717) is 16.5 Å². The third-order valence-corrected chi connectivity index (χ3v) is 6.98. The SMILES string of the molecule is OC1(c2ccc(Cl)cc2)CC(c2ccc(Cl)cc2)=C[n+]2c1n(-c1ccccc1)c1ccccc12. The summed E-state index contributed by atoms with van der Waals surface area (Å²) in [5.41, 5.74) is 4.54. The van der Waals surface area contributed by atoms with Gasteiger partial charge in [-0.05, 0) is 59.7 Å². The molecule has 1 aliphatic heterocycles. The van der Waals surface area contributed by atoms with Crippen LogP contribution in [0.25, 0.3) is 28.5 Å². The highest BCUT2D eigenvalue weighted by atomic mass is 35.5. The molecule has 4 aromatic carbocycles. The number of imidazole rings is 1. The van der Waals surface area contributed by atoms with Crippen molar-refractivity contribution in [2.24, 2.45) is 0 Å². The van der Waals surface area contributed by atoms with Crippen molar-refractivity contribution < 1.29 is 9.67 Å². The van der Waals surface area contributed by atoms with E-state index in [1.165, 1.54) is 0 Å². The van der Waals surface area contributed by atoms with Gasteiger partial charge in [0.15, 0.2) is 16.6 Å². The molecule has 1 atom stereocenters. The lowest BCUT2D eigenvalue weighted by molar-refractivity contribution is -0.561. The number of aromatic nitrogens is 2. The van der Waals surface area contributed by atoms with Crippen molar-refractivity contribution in [3.63, 3.8) is 0 Å². The number of halogens is 2. The summed E-state index contributed by atoms with van der Waals surface area (Å²) in [4.78, 5) is 0. The molecule has 6 rings (SSSR count).